The summed E-state index contributed by atoms with van der Waals surface area (Å²) in [5.74, 6) is 0.624. The van der Waals surface area contributed by atoms with E-state index in [0.29, 0.717) is 18.1 Å². The van der Waals surface area contributed by atoms with Gasteiger partial charge < -0.3 is 5.32 Å². The molecule has 0 aromatic carbocycles. The van der Waals surface area contributed by atoms with Crippen LogP contribution in [-0.2, 0) is 11.3 Å². The zero-order valence-corrected chi connectivity index (χ0v) is 18.7. The van der Waals surface area contributed by atoms with Gasteiger partial charge in [0, 0.05) is 30.7 Å². The highest BCUT2D eigenvalue weighted by molar-refractivity contribution is 7.18. The molecule has 10 heteroatoms. The van der Waals surface area contributed by atoms with Gasteiger partial charge in [-0.15, -0.1) is 21.5 Å². The van der Waals surface area contributed by atoms with E-state index in [0.717, 1.165) is 34.9 Å². The van der Waals surface area contributed by atoms with Gasteiger partial charge >= 0.3 is 0 Å². The van der Waals surface area contributed by atoms with Gasteiger partial charge in [-0.1, -0.05) is 35.1 Å². The van der Waals surface area contributed by atoms with Gasteiger partial charge in [0.05, 0.1) is 17.2 Å². The third-order valence-corrected chi connectivity index (χ3v) is 6.34. The molecule has 1 amide bonds. The number of rotatable bonds is 9. The van der Waals surface area contributed by atoms with Crippen LogP contribution in [0, 0.1) is 0 Å². The summed E-state index contributed by atoms with van der Waals surface area (Å²) < 4.78 is 0. The third-order valence-electron chi connectivity index (χ3n) is 4.81. The number of thiazole rings is 1. The zero-order valence-electron chi connectivity index (χ0n) is 17.0. The van der Waals surface area contributed by atoms with Crippen molar-refractivity contribution in [2.24, 2.45) is 0 Å². The minimum Gasteiger partial charge on any atom is -0.373 e. The molecule has 3 aromatic rings. The molecule has 1 aliphatic rings. The highest BCUT2D eigenvalue weighted by atomic mass is 32.1. The second kappa shape index (κ2) is 10.4. The van der Waals surface area contributed by atoms with Crippen molar-refractivity contribution in [3.8, 4) is 10.6 Å². The topological polar surface area (TPSA) is 105 Å². The molecule has 3 aromatic heterocycles. The second-order valence-electron chi connectivity index (χ2n) is 6.99. The van der Waals surface area contributed by atoms with E-state index in [-0.39, 0.29) is 11.9 Å². The molecule has 31 heavy (non-hydrogen) atoms. The Morgan fingerprint density at radius 2 is 2.23 bits per heavy atom. The number of carbonyl (C=O) groups excluding carboxylic acids is 1. The highest BCUT2D eigenvalue weighted by Gasteiger charge is 2.22. The number of pyridine rings is 1. The van der Waals surface area contributed by atoms with Gasteiger partial charge in [-0.2, -0.15) is 0 Å². The molecule has 0 spiro atoms. The number of amides is 1. The fourth-order valence-electron chi connectivity index (χ4n) is 3.18. The van der Waals surface area contributed by atoms with Gasteiger partial charge in [-0.25, -0.2) is 9.97 Å². The lowest BCUT2D eigenvalue weighted by Gasteiger charge is -2.19. The SMILES string of the molecule is CNc1cc(-c2nnc(NC(=O)[C@H](CC3=CC=CCC3)NCc3cscn3)s2)ccn1. The maximum Gasteiger partial charge on any atom is 0.243 e. The molecule has 0 radical (unpaired) electrons. The predicted molar refractivity (Wildman–Crippen MR) is 125 cm³/mol. The molecule has 0 unspecified atom stereocenters. The number of hydrogen-bond donors (Lipinski definition) is 3. The number of nitrogens with one attached hydrogen (secondary N) is 3. The summed E-state index contributed by atoms with van der Waals surface area (Å²) >= 11 is 2.88. The van der Waals surface area contributed by atoms with Crippen molar-refractivity contribution in [1.29, 1.82) is 0 Å². The molecule has 1 aliphatic carbocycles. The van der Waals surface area contributed by atoms with Crippen LogP contribution in [0.3, 0.4) is 0 Å². The first kappa shape index (κ1) is 21.3. The summed E-state index contributed by atoms with van der Waals surface area (Å²) in [4.78, 5) is 21.6. The lowest BCUT2D eigenvalue weighted by Crippen LogP contribution is -2.40. The fraction of sp³-hybridized carbons (Fsp3) is 0.286. The number of allylic oxidation sites excluding steroid dienone is 3. The van der Waals surface area contributed by atoms with Crippen LogP contribution >= 0.6 is 22.7 Å². The average Bonchev–Trinajstić information content (AvgIpc) is 3.49. The first-order valence-corrected chi connectivity index (χ1v) is 11.7. The molecular weight excluding hydrogens is 430 g/mol. The van der Waals surface area contributed by atoms with E-state index in [1.165, 1.54) is 16.9 Å². The molecule has 1 atom stereocenters. The Morgan fingerprint density at radius 1 is 1.29 bits per heavy atom. The van der Waals surface area contributed by atoms with E-state index >= 15 is 0 Å². The van der Waals surface area contributed by atoms with E-state index < -0.39 is 0 Å². The largest absolute Gasteiger partial charge is 0.373 e. The maximum atomic E-state index is 13.1. The normalized spacial score (nSPS) is 14.2. The number of carbonyl (C=O) groups is 1. The molecule has 160 valence electrons. The summed E-state index contributed by atoms with van der Waals surface area (Å²) in [6.45, 7) is 0.538. The highest BCUT2D eigenvalue weighted by Crippen LogP contribution is 2.27. The Hall–Kier alpha value is -2.95. The zero-order chi connectivity index (χ0) is 21.5. The quantitative estimate of drug-likeness (QED) is 0.452. The Balaban J connectivity index is 1.45. The maximum absolute atomic E-state index is 13.1. The Kier molecular flexibility index (Phi) is 7.13. The Labute approximate surface area is 188 Å². The van der Waals surface area contributed by atoms with E-state index in [2.05, 4.69) is 54.3 Å². The van der Waals surface area contributed by atoms with Crippen LogP contribution in [0.5, 0.6) is 0 Å². The van der Waals surface area contributed by atoms with Crippen molar-refractivity contribution in [2.75, 3.05) is 17.7 Å². The van der Waals surface area contributed by atoms with Gasteiger partial charge in [0.1, 0.15) is 10.8 Å². The standard InChI is InChI=1S/C21H23N7OS2/c1-22-18-10-15(7-8-23-18)20-27-28-21(31-20)26-19(29)17(9-14-5-3-2-4-6-14)24-11-16-12-30-13-25-16/h2-3,5,7-8,10,12-13,17,24H,4,6,9,11H2,1H3,(H,22,23)(H,26,28,29)/t17-/m0/s1. The summed E-state index contributed by atoms with van der Waals surface area (Å²) in [6.07, 6.45) is 10.6. The van der Waals surface area contributed by atoms with Crippen molar-refractivity contribution >= 4 is 39.5 Å². The average molecular weight is 454 g/mol. The molecule has 0 aliphatic heterocycles. The number of aromatic nitrogens is 4. The van der Waals surface area contributed by atoms with Crippen LogP contribution < -0.4 is 16.0 Å². The monoisotopic (exact) mass is 453 g/mol. The van der Waals surface area contributed by atoms with Crippen LogP contribution in [0.1, 0.15) is 25.0 Å². The predicted octanol–water partition coefficient (Wildman–Crippen LogP) is 3.86. The van der Waals surface area contributed by atoms with Crippen molar-refractivity contribution in [1.82, 2.24) is 25.5 Å². The molecule has 0 saturated carbocycles. The van der Waals surface area contributed by atoms with Gasteiger partial charge in [0.2, 0.25) is 11.0 Å². The van der Waals surface area contributed by atoms with Crippen LogP contribution in [0.15, 0.2) is 53.0 Å². The molecule has 4 rings (SSSR count). The lowest BCUT2D eigenvalue weighted by atomic mass is 9.97. The van der Waals surface area contributed by atoms with Crippen LogP contribution in [0.4, 0.5) is 10.9 Å². The summed E-state index contributed by atoms with van der Waals surface area (Å²) in [5, 5.41) is 20.9. The van der Waals surface area contributed by atoms with E-state index in [1.54, 1.807) is 23.0 Å². The number of hydrogen-bond acceptors (Lipinski definition) is 9. The van der Waals surface area contributed by atoms with E-state index in [1.807, 2.05) is 24.6 Å². The summed E-state index contributed by atoms with van der Waals surface area (Å²) in [6, 6.07) is 3.38. The Bertz CT molecular complexity index is 1080. The summed E-state index contributed by atoms with van der Waals surface area (Å²) in [7, 11) is 1.81. The second-order valence-corrected chi connectivity index (χ2v) is 8.69. The minimum absolute atomic E-state index is 0.126. The summed E-state index contributed by atoms with van der Waals surface area (Å²) in [5.41, 5.74) is 4.87. The van der Waals surface area contributed by atoms with Gasteiger partial charge in [-0.05, 0) is 31.4 Å². The first-order valence-electron chi connectivity index (χ1n) is 9.95. The third kappa shape index (κ3) is 5.81. The Morgan fingerprint density at radius 3 is 3.00 bits per heavy atom. The van der Waals surface area contributed by atoms with Crippen LogP contribution in [-0.4, -0.2) is 39.2 Å². The number of nitrogens with zero attached hydrogens (tertiary/aromatic N) is 4. The molecular formula is C21H23N7OS2. The van der Waals surface area contributed by atoms with Crippen molar-refractivity contribution < 1.29 is 4.79 Å². The lowest BCUT2D eigenvalue weighted by molar-refractivity contribution is -0.118. The van der Waals surface area contributed by atoms with Crippen LogP contribution in [0.2, 0.25) is 0 Å². The first-order chi connectivity index (χ1) is 15.2. The molecule has 8 nitrogen and oxygen atoms in total. The number of anilines is 2. The van der Waals surface area contributed by atoms with E-state index in [9.17, 15) is 4.79 Å². The molecule has 0 fully saturated rings. The molecule has 0 saturated heterocycles. The van der Waals surface area contributed by atoms with Gasteiger partial charge in [-0.3, -0.25) is 15.4 Å². The molecule has 3 heterocycles. The van der Waals surface area contributed by atoms with Gasteiger partial charge in [0.25, 0.3) is 0 Å². The van der Waals surface area contributed by atoms with Crippen molar-refractivity contribution in [3.63, 3.8) is 0 Å². The fourth-order valence-corrected chi connectivity index (χ4v) is 4.48. The van der Waals surface area contributed by atoms with Crippen molar-refractivity contribution in [2.45, 2.75) is 31.8 Å². The molecule has 0 bridgehead atoms. The van der Waals surface area contributed by atoms with Gasteiger partial charge in [0.15, 0.2) is 0 Å². The minimum atomic E-state index is -0.386. The van der Waals surface area contributed by atoms with Crippen LogP contribution in [0.25, 0.3) is 10.6 Å². The van der Waals surface area contributed by atoms with E-state index in [4.69, 9.17) is 0 Å². The molecule has 3 N–H and O–H groups in total. The smallest absolute Gasteiger partial charge is 0.243 e. The van der Waals surface area contributed by atoms with Crippen molar-refractivity contribution in [3.05, 3.63) is 58.7 Å².